The molecule has 4 heteroatoms. The molecule has 3 rings (SSSR count). The van der Waals surface area contributed by atoms with Gasteiger partial charge in [-0.25, -0.2) is 0 Å². The van der Waals surface area contributed by atoms with Crippen LogP contribution < -0.4 is 5.32 Å². The average Bonchev–Trinajstić information content (AvgIpc) is 2.54. The molecule has 0 saturated carbocycles. The predicted octanol–water partition coefficient (Wildman–Crippen LogP) is 1.93. The lowest BCUT2D eigenvalue weighted by Crippen LogP contribution is -2.39. The molecule has 1 unspecified atom stereocenters. The van der Waals surface area contributed by atoms with Gasteiger partial charge in [0.05, 0.1) is 5.92 Å². The van der Waals surface area contributed by atoms with Crippen LogP contribution in [0.5, 0.6) is 0 Å². The number of carbonyl (C=O) groups excluding carboxylic acids is 1. The van der Waals surface area contributed by atoms with Crippen LogP contribution in [-0.4, -0.2) is 29.4 Å². The summed E-state index contributed by atoms with van der Waals surface area (Å²) in [6, 6.07) is 12.1. The summed E-state index contributed by atoms with van der Waals surface area (Å²) in [5.74, 6) is 0.0632. The summed E-state index contributed by atoms with van der Waals surface area (Å²) in [6.45, 7) is 2.16. The average molecular weight is 281 g/mol. The van der Waals surface area contributed by atoms with Gasteiger partial charge in [0, 0.05) is 39.1 Å². The summed E-state index contributed by atoms with van der Waals surface area (Å²) in [6.07, 6.45) is 3.51. The molecule has 2 heterocycles. The van der Waals surface area contributed by atoms with Crippen molar-refractivity contribution in [2.45, 2.75) is 19.0 Å². The van der Waals surface area contributed by atoms with Gasteiger partial charge in [0.2, 0.25) is 5.91 Å². The maximum Gasteiger partial charge on any atom is 0.231 e. The van der Waals surface area contributed by atoms with Crippen molar-refractivity contribution in [2.24, 2.45) is 0 Å². The number of aromatic nitrogens is 1. The number of likely N-dealkylation sites (N-methyl/N-ethyl adjacent to an activating group) is 1. The number of rotatable bonds is 3. The van der Waals surface area contributed by atoms with E-state index in [1.54, 1.807) is 17.3 Å². The molecule has 1 atom stereocenters. The zero-order valence-corrected chi connectivity index (χ0v) is 12.1. The molecule has 1 aromatic carbocycles. The Morgan fingerprint density at radius 3 is 2.86 bits per heavy atom. The second-order valence-electron chi connectivity index (χ2n) is 5.43. The first kappa shape index (κ1) is 13.8. The molecule has 1 amide bonds. The Morgan fingerprint density at radius 1 is 1.29 bits per heavy atom. The van der Waals surface area contributed by atoms with Gasteiger partial charge in [-0.15, -0.1) is 0 Å². The normalized spacial score (nSPS) is 17.1. The molecule has 0 radical (unpaired) electrons. The highest BCUT2D eigenvalue weighted by atomic mass is 16.2. The second kappa shape index (κ2) is 6.06. The Bertz CT molecular complexity index is 627. The monoisotopic (exact) mass is 281 g/mol. The molecular weight excluding hydrogens is 262 g/mol. The highest BCUT2D eigenvalue weighted by Crippen LogP contribution is 2.25. The van der Waals surface area contributed by atoms with Crippen molar-refractivity contribution >= 4 is 5.91 Å². The zero-order chi connectivity index (χ0) is 14.7. The van der Waals surface area contributed by atoms with Crippen LogP contribution in [0.4, 0.5) is 0 Å². The van der Waals surface area contributed by atoms with E-state index >= 15 is 0 Å². The van der Waals surface area contributed by atoms with Gasteiger partial charge in [0.15, 0.2) is 0 Å². The van der Waals surface area contributed by atoms with Crippen LogP contribution in [0.15, 0.2) is 48.8 Å². The Labute approximate surface area is 124 Å². The summed E-state index contributed by atoms with van der Waals surface area (Å²) < 4.78 is 0. The molecule has 1 N–H and O–H groups in total. The topological polar surface area (TPSA) is 45.2 Å². The molecule has 21 heavy (non-hydrogen) atoms. The summed E-state index contributed by atoms with van der Waals surface area (Å²) >= 11 is 0. The molecule has 0 fully saturated rings. The standard InChI is InChI=1S/C17H19N3O/c1-20(12-13-6-8-18-9-7-13)17(21)16-11-19-10-14-4-2-3-5-15(14)16/h2-9,16,19H,10-12H2,1H3. The minimum Gasteiger partial charge on any atom is -0.341 e. The van der Waals surface area contributed by atoms with Crippen LogP contribution in [-0.2, 0) is 17.9 Å². The fourth-order valence-corrected chi connectivity index (χ4v) is 2.82. The van der Waals surface area contributed by atoms with Crippen molar-refractivity contribution in [3.63, 3.8) is 0 Å². The largest absolute Gasteiger partial charge is 0.341 e. The van der Waals surface area contributed by atoms with E-state index in [1.807, 2.05) is 31.3 Å². The van der Waals surface area contributed by atoms with Gasteiger partial charge in [-0.3, -0.25) is 9.78 Å². The molecule has 0 saturated heterocycles. The minimum absolute atomic E-state index is 0.0956. The summed E-state index contributed by atoms with van der Waals surface area (Å²) in [7, 11) is 1.86. The van der Waals surface area contributed by atoms with E-state index in [0.717, 1.165) is 17.7 Å². The van der Waals surface area contributed by atoms with Crippen LogP contribution in [0.1, 0.15) is 22.6 Å². The number of nitrogens with zero attached hydrogens (tertiary/aromatic N) is 2. The third-order valence-electron chi connectivity index (χ3n) is 3.94. The van der Waals surface area contributed by atoms with Crippen molar-refractivity contribution in [1.29, 1.82) is 0 Å². The van der Waals surface area contributed by atoms with E-state index in [0.29, 0.717) is 13.1 Å². The van der Waals surface area contributed by atoms with Crippen molar-refractivity contribution in [3.8, 4) is 0 Å². The molecule has 4 nitrogen and oxygen atoms in total. The highest BCUT2D eigenvalue weighted by Gasteiger charge is 2.28. The van der Waals surface area contributed by atoms with E-state index in [4.69, 9.17) is 0 Å². The molecule has 1 aliphatic rings. The molecule has 1 aromatic heterocycles. The van der Waals surface area contributed by atoms with Crippen LogP contribution in [0.3, 0.4) is 0 Å². The number of carbonyl (C=O) groups is 1. The van der Waals surface area contributed by atoms with E-state index in [9.17, 15) is 4.79 Å². The van der Waals surface area contributed by atoms with Crippen LogP contribution in [0, 0.1) is 0 Å². The highest BCUT2D eigenvalue weighted by molar-refractivity contribution is 5.84. The molecule has 108 valence electrons. The number of benzene rings is 1. The Morgan fingerprint density at radius 2 is 2.05 bits per heavy atom. The van der Waals surface area contributed by atoms with E-state index < -0.39 is 0 Å². The van der Waals surface area contributed by atoms with Gasteiger partial charge in [-0.1, -0.05) is 24.3 Å². The van der Waals surface area contributed by atoms with Gasteiger partial charge in [-0.2, -0.15) is 0 Å². The van der Waals surface area contributed by atoms with Crippen molar-refractivity contribution in [1.82, 2.24) is 15.2 Å². The lowest BCUT2D eigenvalue weighted by molar-refractivity contribution is -0.132. The van der Waals surface area contributed by atoms with Gasteiger partial charge in [-0.05, 0) is 28.8 Å². The zero-order valence-electron chi connectivity index (χ0n) is 12.1. The van der Waals surface area contributed by atoms with Crippen molar-refractivity contribution in [2.75, 3.05) is 13.6 Å². The number of pyridine rings is 1. The van der Waals surface area contributed by atoms with Gasteiger partial charge >= 0.3 is 0 Å². The van der Waals surface area contributed by atoms with E-state index in [1.165, 1.54) is 5.56 Å². The van der Waals surface area contributed by atoms with Crippen LogP contribution >= 0.6 is 0 Å². The lowest BCUT2D eigenvalue weighted by Gasteiger charge is -2.29. The number of hydrogen-bond acceptors (Lipinski definition) is 3. The molecule has 0 bridgehead atoms. The molecular formula is C17H19N3O. The summed E-state index contributed by atoms with van der Waals surface area (Å²) in [5, 5.41) is 3.33. The molecule has 0 aliphatic carbocycles. The van der Waals surface area contributed by atoms with Crippen LogP contribution in [0.2, 0.25) is 0 Å². The first-order valence-corrected chi connectivity index (χ1v) is 7.18. The number of amides is 1. The molecule has 0 spiro atoms. The van der Waals surface area contributed by atoms with E-state index in [2.05, 4.69) is 22.4 Å². The Kier molecular flexibility index (Phi) is 3.97. The second-order valence-corrected chi connectivity index (χ2v) is 5.43. The minimum atomic E-state index is -0.0956. The first-order valence-electron chi connectivity index (χ1n) is 7.18. The van der Waals surface area contributed by atoms with Crippen molar-refractivity contribution < 1.29 is 4.79 Å². The fourth-order valence-electron chi connectivity index (χ4n) is 2.82. The van der Waals surface area contributed by atoms with E-state index in [-0.39, 0.29) is 11.8 Å². The summed E-state index contributed by atoms with van der Waals surface area (Å²) in [4.78, 5) is 18.5. The Hall–Kier alpha value is -2.20. The summed E-state index contributed by atoms with van der Waals surface area (Å²) in [5.41, 5.74) is 3.47. The third-order valence-corrected chi connectivity index (χ3v) is 3.94. The van der Waals surface area contributed by atoms with Crippen molar-refractivity contribution in [3.05, 3.63) is 65.5 Å². The maximum atomic E-state index is 12.7. The van der Waals surface area contributed by atoms with Gasteiger partial charge in [0.25, 0.3) is 0 Å². The number of fused-ring (bicyclic) bond motifs is 1. The molecule has 1 aliphatic heterocycles. The quantitative estimate of drug-likeness (QED) is 0.935. The SMILES string of the molecule is CN(Cc1ccncc1)C(=O)C1CNCc2ccccc21. The molecule has 2 aromatic rings. The number of hydrogen-bond donors (Lipinski definition) is 1. The smallest absolute Gasteiger partial charge is 0.231 e. The Balaban J connectivity index is 1.77. The first-order chi connectivity index (χ1) is 10.3. The maximum absolute atomic E-state index is 12.7. The van der Waals surface area contributed by atoms with Gasteiger partial charge in [0.1, 0.15) is 0 Å². The van der Waals surface area contributed by atoms with Gasteiger partial charge < -0.3 is 10.2 Å². The third kappa shape index (κ3) is 2.95. The predicted molar refractivity (Wildman–Crippen MR) is 81.6 cm³/mol. The van der Waals surface area contributed by atoms with Crippen LogP contribution in [0.25, 0.3) is 0 Å². The number of nitrogens with one attached hydrogen (secondary N) is 1. The fraction of sp³-hybridized carbons (Fsp3) is 0.294. The lowest BCUT2D eigenvalue weighted by atomic mass is 9.90.